The molecule has 0 aromatic carbocycles. The lowest BCUT2D eigenvalue weighted by Crippen LogP contribution is -2.66. The molecule has 1 aromatic rings. The smallest absolute Gasteiger partial charge is 0.314 e. The van der Waals surface area contributed by atoms with E-state index in [0.717, 1.165) is 17.4 Å². The number of hydrogen-bond donors (Lipinski definition) is 8. The molecule has 2 aliphatic heterocycles. The number of hydrogen-bond acceptors (Lipinski definition) is 17. The van der Waals surface area contributed by atoms with Crippen molar-refractivity contribution in [1.29, 1.82) is 0 Å². The average Bonchev–Trinajstić information content (AvgIpc) is 3.46. The predicted octanol–water partition coefficient (Wildman–Crippen LogP) is -2.21. The van der Waals surface area contributed by atoms with Gasteiger partial charge in [0.15, 0.2) is 29.2 Å². The van der Waals surface area contributed by atoms with E-state index in [1.807, 2.05) is 0 Å². The minimum absolute atomic E-state index is 0.0435. The number of aliphatic hydroxyl groups excluding tert-OH is 8. The van der Waals surface area contributed by atoms with E-state index in [0.29, 0.717) is 6.61 Å². The summed E-state index contributed by atoms with van der Waals surface area (Å²) in [5.74, 6) is -0.575. The lowest BCUT2D eigenvalue weighted by atomic mass is 9.96. The molecule has 11 atom stereocenters. The van der Waals surface area contributed by atoms with Crippen molar-refractivity contribution < 1.29 is 72.8 Å². The van der Waals surface area contributed by atoms with Gasteiger partial charge in [-0.25, -0.2) is 4.68 Å². The van der Waals surface area contributed by atoms with Gasteiger partial charge >= 0.3 is 8.56 Å². The number of carbonyl (C=O) groups excluding carboxylic acids is 1. The maximum Gasteiger partial charge on any atom is 0.314 e. The van der Waals surface area contributed by atoms with Crippen molar-refractivity contribution in [3.63, 3.8) is 0 Å². The Balaban J connectivity index is 1.55. The van der Waals surface area contributed by atoms with E-state index in [1.54, 1.807) is 0 Å². The summed E-state index contributed by atoms with van der Waals surface area (Å²) in [4.78, 5) is 13.8. The minimum atomic E-state index is -2.39. The van der Waals surface area contributed by atoms with Crippen LogP contribution in [0.2, 0.25) is 51.9 Å². The summed E-state index contributed by atoms with van der Waals surface area (Å²) in [5, 5.41) is 90.8. The van der Waals surface area contributed by atoms with Gasteiger partial charge in [-0.15, -0.1) is 5.10 Å². The molecule has 1 unspecified atom stereocenters. The van der Waals surface area contributed by atoms with Gasteiger partial charge in [0.2, 0.25) is 5.91 Å². The summed E-state index contributed by atoms with van der Waals surface area (Å²) >= 11 is 0. The molecule has 2 saturated heterocycles. The van der Waals surface area contributed by atoms with Crippen LogP contribution in [0.3, 0.4) is 0 Å². The number of aromatic nitrogens is 3. The van der Waals surface area contributed by atoms with Crippen LogP contribution < -0.4 is 0 Å². The van der Waals surface area contributed by atoms with Crippen molar-refractivity contribution >= 4 is 31.1 Å². The zero-order chi connectivity index (χ0) is 39.2. The second kappa shape index (κ2) is 19.0. The van der Waals surface area contributed by atoms with Crippen LogP contribution in [0.1, 0.15) is 19.0 Å². The summed E-state index contributed by atoms with van der Waals surface area (Å²) in [5.41, 5.74) is 0.267. The fraction of sp³-hybridized carbons (Fsp3) is 0.900. The molecule has 3 rings (SSSR count). The summed E-state index contributed by atoms with van der Waals surface area (Å²) in [6.07, 6.45) is -14.9. The van der Waals surface area contributed by atoms with E-state index >= 15 is 0 Å². The lowest BCUT2D eigenvalue weighted by Gasteiger charge is -2.48. The first-order valence-electron chi connectivity index (χ1n) is 17.5. The molecule has 19 nitrogen and oxygen atoms in total. The molecule has 0 saturated carbocycles. The maximum atomic E-state index is 12.7. The van der Waals surface area contributed by atoms with Crippen molar-refractivity contribution in [3.05, 3.63) is 11.9 Å². The monoisotopic (exact) mass is 800 g/mol. The number of carbonyl (C=O) groups is 1. The molecule has 2 fully saturated rings. The van der Waals surface area contributed by atoms with Crippen LogP contribution in [-0.2, 0) is 45.1 Å². The Hall–Kier alpha value is -1.30. The third-order valence-electron chi connectivity index (χ3n) is 8.28. The minimum Gasteiger partial charge on any atom is -0.437 e. The first-order chi connectivity index (χ1) is 24.1. The highest BCUT2D eigenvalue weighted by atomic mass is 28.5. The number of rotatable bonds is 19. The Bertz CT molecular complexity index is 1240. The SMILES string of the molecule is CC(=O)N(Cc1cn(CC(O)COCCC[Si](C)(O[Si](C)(C)C)O[Si](C)(C)C)nn1)[C@@H]1O[C@H](CO)[C@@H](O[C@@H]2O[C@H](CO)[C@@H](O)[C@H](O)[C@H]2O)[C@H](O)[C@H]1O. The largest absolute Gasteiger partial charge is 0.437 e. The predicted molar refractivity (Wildman–Crippen MR) is 189 cm³/mol. The topological polar surface area (TPSA) is 268 Å². The molecule has 1 aromatic heterocycles. The average molecular weight is 801 g/mol. The Morgan fingerprint density at radius 1 is 0.904 bits per heavy atom. The second-order valence-corrected chi connectivity index (χ2v) is 28.4. The molecule has 0 aliphatic carbocycles. The van der Waals surface area contributed by atoms with Gasteiger partial charge in [0, 0.05) is 13.5 Å². The van der Waals surface area contributed by atoms with Crippen molar-refractivity contribution in [2.24, 2.45) is 0 Å². The van der Waals surface area contributed by atoms with E-state index in [-0.39, 0.29) is 25.4 Å². The van der Waals surface area contributed by atoms with Gasteiger partial charge in [-0.1, -0.05) is 5.21 Å². The van der Waals surface area contributed by atoms with Crippen LogP contribution in [0.5, 0.6) is 0 Å². The Morgan fingerprint density at radius 2 is 1.52 bits per heavy atom. The number of amides is 1. The second-order valence-electron chi connectivity index (χ2n) is 15.5. The molecule has 1 amide bonds. The van der Waals surface area contributed by atoms with Crippen LogP contribution in [-0.4, -0.2) is 186 Å². The maximum absolute atomic E-state index is 12.7. The molecule has 8 N–H and O–H groups in total. The molecule has 22 heteroatoms. The number of aliphatic hydroxyl groups is 8. The van der Waals surface area contributed by atoms with Gasteiger partial charge in [0.05, 0.1) is 45.2 Å². The summed E-state index contributed by atoms with van der Waals surface area (Å²) in [7, 11) is -6.02. The van der Waals surface area contributed by atoms with Crippen LogP contribution >= 0.6 is 0 Å². The fourth-order valence-corrected chi connectivity index (χ4v) is 18.8. The highest BCUT2D eigenvalue weighted by molar-refractivity contribution is 6.87. The van der Waals surface area contributed by atoms with Crippen LogP contribution in [0.15, 0.2) is 6.20 Å². The van der Waals surface area contributed by atoms with Crippen molar-refractivity contribution in [2.75, 3.05) is 26.4 Å². The quantitative estimate of drug-likeness (QED) is 0.0545. The molecular formula is C30H60N4O15Si3. The fourth-order valence-electron chi connectivity index (χ4n) is 6.28. The van der Waals surface area contributed by atoms with Crippen LogP contribution in [0.25, 0.3) is 0 Å². The van der Waals surface area contributed by atoms with Crippen molar-refractivity contribution in [1.82, 2.24) is 19.9 Å². The summed E-state index contributed by atoms with van der Waals surface area (Å²) < 4.78 is 36.9. The number of ether oxygens (including phenoxy) is 4. The van der Waals surface area contributed by atoms with Gasteiger partial charge in [-0.2, -0.15) is 0 Å². The molecule has 0 spiro atoms. The molecule has 0 bridgehead atoms. The van der Waals surface area contributed by atoms with Gasteiger partial charge in [0.25, 0.3) is 0 Å². The highest BCUT2D eigenvalue weighted by Gasteiger charge is 2.52. The normalized spacial score (nSPS) is 31.1. The zero-order valence-electron chi connectivity index (χ0n) is 31.3. The molecular weight excluding hydrogens is 741 g/mol. The van der Waals surface area contributed by atoms with E-state index in [4.69, 9.17) is 27.2 Å². The van der Waals surface area contributed by atoms with E-state index in [9.17, 15) is 45.6 Å². The lowest BCUT2D eigenvalue weighted by molar-refractivity contribution is -0.348. The van der Waals surface area contributed by atoms with Crippen LogP contribution in [0, 0.1) is 0 Å². The van der Waals surface area contributed by atoms with Crippen molar-refractivity contribution in [2.45, 2.75) is 146 Å². The van der Waals surface area contributed by atoms with Gasteiger partial charge in [-0.05, 0) is 58.3 Å². The van der Waals surface area contributed by atoms with Gasteiger partial charge < -0.3 is 72.9 Å². The van der Waals surface area contributed by atoms with E-state index in [1.165, 1.54) is 17.8 Å². The third-order valence-corrected chi connectivity index (χ3v) is 17.9. The van der Waals surface area contributed by atoms with Gasteiger partial charge in [-0.3, -0.25) is 4.79 Å². The Kier molecular flexibility index (Phi) is 16.5. The summed E-state index contributed by atoms with van der Waals surface area (Å²) in [6, 6.07) is 0.776. The first-order valence-corrected chi connectivity index (χ1v) is 26.8. The number of nitrogens with zero attached hydrogens (tertiary/aromatic N) is 4. The molecule has 52 heavy (non-hydrogen) atoms. The standard InChI is InChI=1S/C30H60N4O15Si3/c1-18(37)34(29-26(42)25(41)28(22(16-36)45-29)47-30-27(43)24(40)23(39)21(15-35)46-30)13-19-12-33(32-31-19)14-20(38)17-44-10-9-11-52(8,48-50(2,3)4)49-51(5,6)7/h12,20-30,35-36,38-43H,9-11,13-17H2,1-8H3/t20?,21-,22-,23-,24+,25-,26-,27-,28-,29-,30+/m1/s1. The van der Waals surface area contributed by atoms with E-state index < -0.39 is 112 Å². The summed E-state index contributed by atoms with van der Waals surface area (Å²) in [6.45, 7) is 15.0. The highest BCUT2D eigenvalue weighted by Crippen LogP contribution is 2.31. The Morgan fingerprint density at radius 3 is 2.08 bits per heavy atom. The first kappa shape index (κ1) is 45.1. The molecule has 302 valence electrons. The zero-order valence-corrected chi connectivity index (χ0v) is 34.3. The van der Waals surface area contributed by atoms with Gasteiger partial charge in [0.1, 0.15) is 54.5 Å². The van der Waals surface area contributed by atoms with E-state index in [2.05, 4.69) is 56.1 Å². The molecule has 0 radical (unpaired) electrons. The van der Waals surface area contributed by atoms with Crippen LogP contribution in [0.4, 0.5) is 0 Å². The third kappa shape index (κ3) is 12.9. The Labute approximate surface area is 307 Å². The molecule has 2 aliphatic rings. The molecule has 3 heterocycles. The van der Waals surface area contributed by atoms with Crippen molar-refractivity contribution in [3.8, 4) is 0 Å².